The summed E-state index contributed by atoms with van der Waals surface area (Å²) in [4.78, 5) is 28.9. The van der Waals surface area contributed by atoms with E-state index in [9.17, 15) is 14.0 Å². The normalized spacial score (nSPS) is 20.7. The molecule has 0 radical (unpaired) electrons. The van der Waals surface area contributed by atoms with Gasteiger partial charge in [0.1, 0.15) is 11.4 Å². The van der Waals surface area contributed by atoms with Crippen LogP contribution < -0.4 is 0 Å². The fourth-order valence-corrected chi connectivity index (χ4v) is 3.08. The second-order valence-corrected chi connectivity index (χ2v) is 7.45. The molecule has 1 amide bonds. The Labute approximate surface area is 148 Å². The molecule has 2 rings (SSSR count). The number of halogens is 1. The Balaban J connectivity index is 2.02. The molecule has 1 aliphatic rings. The molecule has 0 aromatic heterocycles. The third-order valence-corrected chi connectivity index (χ3v) is 4.17. The Morgan fingerprint density at radius 2 is 1.64 bits per heavy atom. The average Bonchev–Trinajstić information content (AvgIpc) is 2.52. The third kappa shape index (κ3) is 5.73. The van der Waals surface area contributed by atoms with Crippen molar-refractivity contribution in [1.82, 2.24) is 5.06 Å². The highest BCUT2D eigenvalue weighted by molar-refractivity contribution is 5.72. The lowest BCUT2D eigenvalue weighted by molar-refractivity contribution is -0.194. The van der Waals surface area contributed by atoms with E-state index in [0.717, 1.165) is 23.5 Å². The molecule has 1 aliphatic carbocycles. The lowest BCUT2D eigenvalue weighted by Crippen LogP contribution is -2.45. The summed E-state index contributed by atoms with van der Waals surface area (Å²) < 4.78 is 18.4. The van der Waals surface area contributed by atoms with Crippen molar-refractivity contribution in [2.24, 2.45) is 0 Å². The quantitative estimate of drug-likeness (QED) is 0.733. The standard InChI is InChI=1S/C19H26FNO4/c1-13(22)25-21(18(23)24-19(2,3)4)17-11-7-15(8-12-17)14-5-9-16(20)10-6-14/h5-6,9-10,15,17H,7-8,11-12H2,1-4H3. The lowest BCUT2D eigenvalue weighted by Gasteiger charge is -2.35. The molecule has 6 heteroatoms. The Morgan fingerprint density at radius 1 is 1.08 bits per heavy atom. The molecular formula is C19H26FNO4. The molecule has 0 atom stereocenters. The van der Waals surface area contributed by atoms with E-state index in [1.54, 1.807) is 32.9 Å². The minimum absolute atomic E-state index is 0.213. The largest absolute Gasteiger partial charge is 0.444 e. The zero-order valence-corrected chi connectivity index (χ0v) is 15.3. The maximum absolute atomic E-state index is 13.1. The van der Waals surface area contributed by atoms with Crippen molar-refractivity contribution in [2.75, 3.05) is 0 Å². The summed E-state index contributed by atoms with van der Waals surface area (Å²) in [6.45, 7) is 6.56. The Bertz CT molecular complexity index is 601. The summed E-state index contributed by atoms with van der Waals surface area (Å²) in [7, 11) is 0. The zero-order valence-electron chi connectivity index (χ0n) is 15.3. The molecule has 0 N–H and O–H groups in total. The topological polar surface area (TPSA) is 55.8 Å². The third-order valence-electron chi connectivity index (χ3n) is 4.17. The lowest BCUT2D eigenvalue weighted by atomic mass is 9.81. The van der Waals surface area contributed by atoms with Crippen molar-refractivity contribution < 1.29 is 23.6 Å². The predicted molar refractivity (Wildman–Crippen MR) is 91.2 cm³/mol. The Morgan fingerprint density at radius 3 is 2.12 bits per heavy atom. The zero-order chi connectivity index (χ0) is 18.6. The van der Waals surface area contributed by atoms with Gasteiger partial charge in [0.15, 0.2) is 0 Å². The summed E-state index contributed by atoms with van der Waals surface area (Å²) in [6.07, 6.45) is 2.39. The molecule has 1 fully saturated rings. The van der Waals surface area contributed by atoms with Gasteiger partial charge in [-0.3, -0.25) is 4.79 Å². The van der Waals surface area contributed by atoms with Gasteiger partial charge in [0.05, 0.1) is 6.04 Å². The SMILES string of the molecule is CC(=O)ON(C(=O)OC(C)(C)C)C1CCC(c2ccc(F)cc2)CC1. The van der Waals surface area contributed by atoms with E-state index in [0.29, 0.717) is 18.8 Å². The van der Waals surface area contributed by atoms with Crippen molar-refractivity contribution in [3.63, 3.8) is 0 Å². The Kier molecular flexibility index (Phi) is 6.03. The number of hydroxylamine groups is 2. The molecule has 138 valence electrons. The van der Waals surface area contributed by atoms with Gasteiger partial charge in [-0.2, -0.15) is 0 Å². The fourth-order valence-electron chi connectivity index (χ4n) is 3.08. The van der Waals surface area contributed by atoms with E-state index in [-0.39, 0.29) is 11.9 Å². The van der Waals surface area contributed by atoms with Crippen LogP contribution in [0.3, 0.4) is 0 Å². The predicted octanol–water partition coefficient (Wildman–Crippen LogP) is 4.57. The van der Waals surface area contributed by atoms with Gasteiger partial charge < -0.3 is 9.57 Å². The molecule has 0 saturated heterocycles. The maximum atomic E-state index is 13.1. The van der Waals surface area contributed by atoms with Crippen molar-refractivity contribution in [3.05, 3.63) is 35.6 Å². The molecule has 0 heterocycles. The van der Waals surface area contributed by atoms with Crippen LogP contribution in [0.25, 0.3) is 0 Å². The molecule has 0 unspecified atom stereocenters. The molecule has 0 aliphatic heterocycles. The van der Waals surface area contributed by atoms with Gasteiger partial charge in [0.2, 0.25) is 0 Å². The maximum Gasteiger partial charge on any atom is 0.444 e. The molecule has 1 aromatic carbocycles. The van der Waals surface area contributed by atoms with Crippen LogP contribution in [0.2, 0.25) is 0 Å². The first kappa shape index (κ1) is 19.2. The molecule has 1 aromatic rings. The van der Waals surface area contributed by atoms with E-state index < -0.39 is 17.7 Å². The number of rotatable bonds is 2. The molecule has 5 nitrogen and oxygen atoms in total. The summed E-state index contributed by atoms with van der Waals surface area (Å²) in [5.41, 5.74) is 0.428. The molecule has 1 saturated carbocycles. The number of hydrogen-bond donors (Lipinski definition) is 0. The van der Waals surface area contributed by atoms with Crippen LogP contribution in [0.1, 0.15) is 64.9 Å². The molecule has 0 bridgehead atoms. The second kappa shape index (κ2) is 7.85. The van der Waals surface area contributed by atoms with Crippen LogP contribution in [-0.4, -0.2) is 28.8 Å². The highest BCUT2D eigenvalue weighted by atomic mass is 19.1. The van der Waals surface area contributed by atoms with Gasteiger partial charge in [-0.25, -0.2) is 9.18 Å². The van der Waals surface area contributed by atoms with Crippen LogP contribution in [0.15, 0.2) is 24.3 Å². The summed E-state index contributed by atoms with van der Waals surface area (Å²) in [6, 6.07) is 6.33. The van der Waals surface area contributed by atoms with Crippen molar-refractivity contribution in [2.45, 2.75) is 70.9 Å². The number of carbonyl (C=O) groups is 2. The van der Waals surface area contributed by atoms with E-state index >= 15 is 0 Å². The summed E-state index contributed by atoms with van der Waals surface area (Å²) >= 11 is 0. The number of benzene rings is 1. The van der Waals surface area contributed by atoms with Crippen molar-refractivity contribution >= 4 is 12.1 Å². The van der Waals surface area contributed by atoms with Crippen LogP contribution in [0, 0.1) is 5.82 Å². The van der Waals surface area contributed by atoms with Gasteiger partial charge in [-0.1, -0.05) is 12.1 Å². The van der Waals surface area contributed by atoms with Crippen LogP contribution in [-0.2, 0) is 14.4 Å². The summed E-state index contributed by atoms with van der Waals surface area (Å²) in [5, 5.41) is 1.08. The summed E-state index contributed by atoms with van der Waals surface area (Å²) in [5.74, 6) is -0.482. The highest BCUT2D eigenvalue weighted by Gasteiger charge is 2.34. The van der Waals surface area contributed by atoms with E-state index in [2.05, 4.69) is 0 Å². The van der Waals surface area contributed by atoms with E-state index in [1.807, 2.05) is 0 Å². The number of amides is 1. The minimum atomic E-state index is -0.666. The van der Waals surface area contributed by atoms with Gasteiger partial charge in [-0.15, -0.1) is 5.06 Å². The van der Waals surface area contributed by atoms with Crippen LogP contribution in [0.5, 0.6) is 0 Å². The van der Waals surface area contributed by atoms with Gasteiger partial charge in [-0.05, 0) is 70.1 Å². The first-order chi connectivity index (χ1) is 11.7. The number of ether oxygens (including phenoxy) is 1. The molecule has 25 heavy (non-hydrogen) atoms. The monoisotopic (exact) mass is 351 g/mol. The molecule has 0 spiro atoms. The van der Waals surface area contributed by atoms with Gasteiger partial charge >= 0.3 is 12.1 Å². The minimum Gasteiger partial charge on any atom is -0.442 e. The highest BCUT2D eigenvalue weighted by Crippen LogP contribution is 2.35. The van der Waals surface area contributed by atoms with Crippen molar-refractivity contribution in [1.29, 1.82) is 0 Å². The van der Waals surface area contributed by atoms with E-state index in [4.69, 9.17) is 9.57 Å². The van der Waals surface area contributed by atoms with Gasteiger partial charge in [0, 0.05) is 6.92 Å². The second-order valence-electron chi connectivity index (χ2n) is 7.45. The first-order valence-electron chi connectivity index (χ1n) is 8.62. The van der Waals surface area contributed by atoms with Gasteiger partial charge in [0.25, 0.3) is 0 Å². The smallest absolute Gasteiger partial charge is 0.442 e. The van der Waals surface area contributed by atoms with Crippen molar-refractivity contribution in [3.8, 4) is 0 Å². The fraction of sp³-hybridized carbons (Fsp3) is 0.579. The van der Waals surface area contributed by atoms with Crippen LogP contribution >= 0.6 is 0 Å². The van der Waals surface area contributed by atoms with E-state index in [1.165, 1.54) is 19.1 Å². The Hall–Kier alpha value is -2.11. The molecular weight excluding hydrogens is 325 g/mol. The average molecular weight is 351 g/mol. The first-order valence-corrected chi connectivity index (χ1v) is 8.62. The number of nitrogens with zero attached hydrogens (tertiary/aromatic N) is 1. The number of carbonyl (C=O) groups excluding carboxylic acids is 2. The van der Waals surface area contributed by atoms with Crippen LogP contribution in [0.4, 0.5) is 9.18 Å². The number of hydrogen-bond acceptors (Lipinski definition) is 4.